The van der Waals surface area contributed by atoms with Crippen LogP contribution in [0, 0.1) is 5.92 Å². The molecule has 1 atom stereocenters. The average molecular weight is 307 g/mol. The van der Waals surface area contributed by atoms with Gasteiger partial charge in [-0.25, -0.2) is 4.79 Å². The van der Waals surface area contributed by atoms with Gasteiger partial charge in [-0.1, -0.05) is 0 Å². The summed E-state index contributed by atoms with van der Waals surface area (Å²) in [7, 11) is 0. The molecule has 1 amide bonds. The molecule has 0 aromatic carbocycles. The van der Waals surface area contributed by atoms with E-state index in [1.165, 1.54) is 18.4 Å². The van der Waals surface area contributed by atoms with Crippen LogP contribution in [0.15, 0.2) is 18.5 Å². The standard InChI is InChI=1S/C17H29N3O2/c1-5-20-9-8-13(12-20)10-18-15(14-6-7-14)11-19-16(21)22-17(2,3)4/h8-9,12,14-15,18H,5-7,10-11H2,1-4H3,(H,19,21). The van der Waals surface area contributed by atoms with E-state index in [-0.39, 0.29) is 6.09 Å². The van der Waals surface area contributed by atoms with Crippen molar-refractivity contribution in [2.75, 3.05) is 6.54 Å². The number of carbonyl (C=O) groups is 1. The number of rotatable bonds is 7. The monoisotopic (exact) mass is 307 g/mol. The Morgan fingerprint density at radius 2 is 2.18 bits per heavy atom. The van der Waals surface area contributed by atoms with Crippen molar-refractivity contribution in [3.8, 4) is 0 Å². The first-order valence-corrected chi connectivity index (χ1v) is 8.22. The third-order valence-corrected chi connectivity index (χ3v) is 3.80. The highest BCUT2D eigenvalue weighted by molar-refractivity contribution is 5.67. The van der Waals surface area contributed by atoms with Crippen LogP contribution >= 0.6 is 0 Å². The van der Waals surface area contributed by atoms with Gasteiger partial charge in [-0.15, -0.1) is 0 Å². The van der Waals surface area contributed by atoms with Crippen LogP contribution in [0.4, 0.5) is 4.79 Å². The second-order valence-corrected chi connectivity index (χ2v) is 7.06. The predicted molar refractivity (Wildman–Crippen MR) is 87.7 cm³/mol. The molecule has 0 bridgehead atoms. The molecule has 5 nitrogen and oxygen atoms in total. The number of ether oxygens (including phenoxy) is 1. The molecule has 1 aliphatic carbocycles. The van der Waals surface area contributed by atoms with Crippen LogP contribution in [0.5, 0.6) is 0 Å². The Balaban J connectivity index is 1.76. The molecule has 0 spiro atoms. The molecule has 22 heavy (non-hydrogen) atoms. The number of nitrogens with zero attached hydrogens (tertiary/aromatic N) is 1. The summed E-state index contributed by atoms with van der Waals surface area (Å²) < 4.78 is 7.46. The van der Waals surface area contributed by atoms with Crippen molar-refractivity contribution in [2.24, 2.45) is 5.92 Å². The Labute approximate surface area is 133 Å². The third-order valence-electron chi connectivity index (χ3n) is 3.80. The smallest absolute Gasteiger partial charge is 0.407 e. The van der Waals surface area contributed by atoms with Gasteiger partial charge in [0, 0.05) is 38.1 Å². The molecule has 2 N–H and O–H groups in total. The Hall–Kier alpha value is -1.49. The normalized spacial score (nSPS) is 16.4. The van der Waals surface area contributed by atoms with Crippen molar-refractivity contribution in [3.05, 3.63) is 24.0 Å². The molecule has 1 unspecified atom stereocenters. The zero-order valence-corrected chi connectivity index (χ0v) is 14.2. The molecule has 5 heteroatoms. The van der Waals surface area contributed by atoms with Crippen molar-refractivity contribution >= 4 is 6.09 Å². The van der Waals surface area contributed by atoms with Crippen molar-refractivity contribution < 1.29 is 9.53 Å². The molecule has 0 aliphatic heterocycles. The summed E-state index contributed by atoms with van der Waals surface area (Å²) in [5, 5.41) is 6.45. The van der Waals surface area contributed by atoms with E-state index in [0.29, 0.717) is 18.5 Å². The van der Waals surface area contributed by atoms with Gasteiger partial charge in [-0.3, -0.25) is 0 Å². The largest absolute Gasteiger partial charge is 0.444 e. The van der Waals surface area contributed by atoms with Gasteiger partial charge >= 0.3 is 6.09 Å². The molecule has 0 saturated heterocycles. The summed E-state index contributed by atoms with van der Waals surface area (Å²) in [4.78, 5) is 11.8. The van der Waals surface area contributed by atoms with Gasteiger partial charge in [0.05, 0.1) is 0 Å². The number of hydrogen-bond acceptors (Lipinski definition) is 3. The molecule has 1 fully saturated rings. The lowest BCUT2D eigenvalue weighted by Crippen LogP contribution is -2.43. The summed E-state index contributed by atoms with van der Waals surface area (Å²) in [6.07, 6.45) is 6.41. The Morgan fingerprint density at radius 1 is 1.45 bits per heavy atom. The van der Waals surface area contributed by atoms with Gasteiger partial charge in [-0.2, -0.15) is 0 Å². The maximum Gasteiger partial charge on any atom is 0.407 e. The van der Waals surface area contributed by atoms with E-state index in [1.807, 2.05) is 20.8 Å². The van der Waals surface area contributed by atoms with E-state index in [4.69, 9.17) is 4.74 Å². The van der Waals surface area contributed by atoms with E-state index < -0.39 is 5.60 Å². The van der Waals surface area contributed by atoms with Crippen LogP contribution in [-0.2, 0) is 17.8 Å². The predicted octanol–water partition coefficient (Wildman–Crippen LogP) is 2.90. The van der Waals surface area contributed by atoms with Gasteiger partial charge in [0.15, 0.2) is 0 Å². The minimum atomic E-state index is -0.449. The lowest BCUT2D eigenvalue weighted by molar-refractivity contribution is 0.0521. The Morgan fingerprint density at radius 3 is 2.73 bits per heavy atom. The number of aromatic nitrogens is 1. The Kier molecular flexibility index (Phi) is 5.51. The van der Waals surface area contributed by atoms with Crippen LogP contribution in [0.2, 0.25) is 0 Å². The minimum absolute atomic E-state index is 0.317. The van der Waals surface area contributed by atoms with Gasteiger partial charge < -0.3 is 19.9 Å². The Bertz CT molecular complexity index is 486. The SMILES string of the molecule is CCn1ccc(CNC(CNC(=O)OC(C)(C)C)C2CC2)c1. The number of amides is 1. The quantitative estimate of drug-likeness (QED) is 0.814. The maximum absolute atomic E-state index is 11.8. The number of carbonyl (C=O) groups excluding carboxylic acids is 1. The first kappa shape index (κ1) is 16.9. The van der Waals surface area contributed by atoms with E-state index in [1.54, 1.807) is 0 Å². The molecule has 1 heterocycles. The number of nitrogens with one attached hydrogen (secondary N) is 2. The molecule has 2 rings (SSSR count). The van der Waals surface area contributed by atoms with Crippen LogP contribution in [0.1, 0.15) is 46.1 Å². The molecule has 0 radical (unpaired) electrons. The average Bonchev–Trinajstić information content (AvgIpc) is 3.15. The van der Waals surface area contributed by atoms with Crippen LogP contribution in [-0.4, -0.2) is 28.8 Å². The summed E-state index contributed by atoms with van der Waals surface area (Å²) in [6, 6.07) is 2.46. The molecule has 1 aromatic rings. The number of alkyl carbamates (subject to hydrolysis) is 1. The third kappa shape index (κ3) is 5.72. The zero-order chi connectivity index (χ0) is 16.2. The van der Waals surface area contributed by atoms with Crippen LogP contribution in [0.25, 0.3) is 0 Å². The number of aryl methyl sites for hydroxylation is 1. The van der Waals surface area contributed by atoms with Crippen LogP contribution in [0.3, 0.4) is 0 Å². The first-order valence-electron chi connectivity index (χ1n) is 8.22. The van der Waals surface area contributed by atoms with E-state index in [0.717, 1.165) is 13.1 Å². The second-order valence-electron chi connectivity index (χ2n) is 7.06. The van der Waals surface area contributed by atoms with E-state index >= 15 is 0 Å². The molecule has 124 valence electrons. The minimum Gasteiger partial charge on any atom is -0.444 e. The summed E-state index contributed by atoms with van der Waals surface area (Å²) in [6.45, 7) is 10.2. The highest BCUT2D eigenvalue weighted by atomic mass is 16.6. The molecule has 1 aliphatic rings. The molecule has 1 aromatic heterocycles. The van der Waals surface area contributed by atoms with Gasteiger partial charge in [0.2, 0.25) is 0 Å². The highest BCUT2D eigenvalue weighted by Gasteiger charge is 2.31. The van der Waals surface area contributed by atoms with Crippen molar-refractivity contribution in [3.63, 3.8) is 0 Å². The molecule has 1 saturated carbocycles. The van der Waals surface area contributed by atoms with Crippen molar-refractivity contribution in [2.45, 2.75) is 65.3 Å². The van der Waals surface area contributed by atoms with E-state index in [9.17, 15) is 4.79 Å². The van der Waals surface area contributed by atoms with Crippen molar-refractivity contribution in [1.29, 1.82) is 0 Å². The topological polar surface area (TPSA) is 55.3 Å². The summed E-state index contributed by atoms with van der Waals surface area (Å²) >= 11 is 0. The lowest BCUT2D eigenvalue weighted by atomic mass is 10.1. The second kappa shape index (κ2) is 7.18. The van der Waals surface area contributed by atoms with Crippen molar-refractivity contribution in [1.82, 2.24) is 15.2 Å². The van der Waals surface area contributed by atoms with E-state index in [2.05, 4.69) is 40.6 Å². The zero-order valence-electron chi connectivity index (χ0n) is 14.2. The van der Waals surface area contributed by atoms with Gasteiger partial charge in [0.25, 0.3) is 0 Å². The lowest BCUT2D eigenvalue weighted by Gasteiger charge is -2.22. The van der Waals surface area contributed by atoms with Crippen LogP contribution < -0.4 is 10.6 Å². The first-order chi connectivity index (χ1) is 10.4. The maximum atomic E-state index is 11.8. The molecular formula is C17H29N3O2. The van der Waals surface area contributed by atoms with Gasteiger partial charge in [-0.05, 0) is 58.1 Å². The fourth-order valence-corrected chi connectivity index (χ4v) is 2.45. The number of hydrogen-bond donors (Lipinski definition) is 2. The fourth-order valence-electron chi connectivity index (χ4n) is 2.45. The summed E-state index contributed by atoms with van der Waals surface area (Å²) in [5.41, 5.74) is 0.833. The van der Waals surface area contributed by atoms with Gasteiger partial charge in [0.1, 0.15) is 5.60 Å². The highest BCUT2D eigenvalue weighted by Crippen LogP contribution is 2.32. The summed E-state index contributed by atoms with van der Waals surface area (Å²) in [5.74, 6) is 0.670. The fraction of sp³-hybridized carbons (Fsp3) is 0.706. The molecular weight excluding hydrogens is 278 g/mol.